The molecule has 4 heteroatoms. The molecule has 1 aliphatic rings. The van der Waals surface area contributed by atoms with Crippen molar-refractivity contribution < 1.29 is 9.90 Å². The fraction of sp³-hybridized carbons (Fsp3) is 0.312. The van der Waals surface area contributed by atoms with Gasteiger partial charge in [-0.2, -0.15) is 11.3 Å². The lowest BCUT2D eigenvalue weighted by Gasteiger charge is -2.24. The zero-order valence-electron chi connectivity index (χ0n) is 11.1. The molecule has 0 radical (unpaired) electrons. The van der Waals surface area contributed by atoms with Gasteiger partial charge in [-0.3, -0.25) is 4.79 Å². The van der Waals surface area contributed by atoms with Crippen molar-refractivity contribution in [3.63, 3.8) is 0 Å². The van der Waals surface area contributed by atoms with Crippen LogP contribution < -0.4 is 5.32 Å². The highest BCUT2D eigenvalue weighted by Gasteiger charge is 2.36. The molecule has 0 aliphatic heterocycles. The molecule has 1 aromatic heterocycles. The van der Waals surface area contributed by atoms with Crippen LogP contribution in [0.25, 0.3) is 0 Å². The zero-order valence-corrected chi connectivity index (χ0v) is 12.0. The Morgan fingerprint density at radius 1 is 1.35 bits per heavy atom. The van der Waals surface area contributed by atoms with Crippen molar-refractivity contribution in [3.8, 4) is 0 Å². The molecule has 1 amide bonds. The molecule has 104 valence electrons. The quantitative estimate of drug-likeness (QED) is 0.906. The van der Waals surface area contributed by atoms with Gasteiger partial charge in [-0.25, -0.2) is 0 Å². The average Bonchev–Trinajstić information content (AvgIpc) is 3.07. The minimum Gasteiger partial charge on any atom is -0.383 e. The van der Waals surface area contributed by atoms with Crippen LogP contribution in [0.2, 0.25) is 0 Å². The molecule has 2 N–H and O–H groups in total. The minimum atomic E-state index is -0.916. The summed E-state index contributed by atoms with van der Waals surface area (Å²) in [6, 6.07) is 9.86. The van der Waals surface area contributed by atoms with Gasteiger partial charge in [-0.15, -0.1) is 0 Å². The molecule has 2 aromatic rings. The van der Waals surface area contributed by atoms with Gasteiger partial charge in [0.15, 0.2) is 0 Å². The molecule has 0 fully saturated rings. The largest absolute Gasteiger partial charge is 0.383 e. The summed E-state index contributed by atoms with van der Waals surface area (Å²) in [6.07, 6.45) is 1.92. The number of fused-ring (bicyclic) bond motifs is 1. The normalized spacial score (nSPS) is 20.6. The van der Waals surface area contributed by atoms with Crippen molar-refractivity contribution in [1.82, 2.24) is 5.32 Å². The van der Waals surface area contributed by atoms with Gasteiger partial charge >= 0.3 is 0 Å². The molecular formula is C16H17NO2S. The summed E-state index contributed by atoms with van der Waals surface area (Å²) in [5.74, 6) is -0.0405. The van der Waals surface area contributed by atoms with Gasteiger partial charge in [-0.1, -0.05) is 24.3 Å². The Hall–Kier alpha value is -1.65. The van der Waals surface area contributed by atoms with Gasteiger partial charge in [-0.05, 0) is 46.4 Å². The highest BCUT2D eigenvalue weighted by molar-refractivity contribution is 7.07. The highest BCUT2D eigenvalue weighted by atomic mass is 32.1. The molecule has 0 unspecified atom stereocenters. The van der Waals surface area contributed by atoms with E-state index in [4.69, 9.17) is 0 Å². The van der Waals surface area contributed by atoms with Crippen LogP contribution in [0.5, 0.6) is 0 Å². The summed E-state index contributed by atoms with van der Waals surface area (Å²) in [6.45, 7) is 0.285. The van der Waals surface area contributed by atoms with Crippen LogP contribution in [0.1, 0.15) is 23.1 Å². The summed E-state index contributed by atoms with van der Waals surface area (Å²) >= 11 is 1.59. The minimum absolute atomic E-state index is 0.0405. The number of nitrogens with one attached hydrogen (secondary N) is 1. The van der Waals surface area contributed by atoms with Crippen molar-refractivity contribution in [2.24, 2.45) is 0 Å². The number of benzene rings is 1. The first-order valence-electron chi connectivity index (χ1n) is 6.76. The maximum Gasteiger partial charge on any atom is 0.224 e. The maximum atomic E-state index is 11.9. The Labute approximate surface area is 122 Å². The number of amides is 1. The monoisotopic (exact) mass is 287 g/mol. The lowest BCUT2D eigenvalue weighted by Crippen LogP contribution is -2.39. The second kappa shape index (κ2) is 5.38. The van der Waals surface area contributed by atoms with Gasteiger partial charge in [0.2, 0.25) is 5.91 Å². The topological polar surface area (TPSA) is 49.3 Å². The lowest BCUT2D eigenvalue weighted by atomic mass is 9.96. The summed E-state index contributed by atoms with van der Waals surface area (Å²) in [5.41, 5.74) is 2.24. The summed E-state index contributed by atoms with van der Waals surface area (Å²) in [5, 5.41) is 17.5. The molecule has 0 bridgehead atoms. The molecule has 20 heavy (non-hydrogen) atoms. The van der Waals surface area contributed by atoms with E-state index in [0.717, 1.165) is 17.5 Å². The van der Waals surface area contributed by atoms with Gasteiger partial charge in [0.1, 0.15) is 5.60 Å². The predicted molar refractivity (Wildman–Crippen MR) is 79.7 cm³/mol. The first kappa shape index (κ1) is 13.3. The van der Waals surface area contributed by atoms with Crippen molar-refractivity contribution >= 4 is 17.2 Å². The number of aryl methyl sites for hydroxylation is 1. The van der Waals surface area contributed by atoms with E-state index < -0.39 is 5.60 Å². The van der Waals surface area contributed by atoms with Gasteiger partial charge in [0.25, 0.3) is 0 Å². The van der Waals surface area contributed by atoms with E-state index in [1.54, 1.807) is 11.3 Å². The zero-order chi connectivity index (χ0) is 14.0. The van der Waals surface area contributed by atoms with Crippen LogP contribution in [0, 0.1) is 0 Å². The second-order valence-corrected chi connectivity index (χ2v) is 6.05. The van der Waals surface area contributed by atoms with E-state index >= 15 is 0 Å². The fourth-order valence-electron chi connectivity index (χ4n) is 2.74. The average molecular weight is 287 g/mol. The lowest BCUT2D eigenvalue weighted by molar-refractivity contribution is -0.121. The van der Waals surface area contributed by atoms with Crippen molar-refractivity contribution in [2.75, 3.05) is 6.54 Å². The van der Waals surface area contributed by atoms with Gasteiger partial charge in [0.05, 0.1) is 13.0 Å². The third-order valence-electron chi connectivity index (χ3n) is 3.85. The Balaban J connectivity index is 1.62. The third kappa shape index (κ3) is 2.62. The molecule has 0 saturated heterocycles. The van der Waals surface area contributed by atoms with E-state index in [1.807, 2.05) is 41.1 Å². The molecule has 1 aliphatic carbocycles. The smallest absolute Gasteiger partial charge is 0.224 e. The Morgan fingerprint density at radius 3 is 3.00 bits per heavy atom. The molecular weight excluding hydrogens is 270 g/mol. The Bertz CT molecular complexity index is 609. The number of rotatable bonds is 4. The molecule has 1 atom stereocenters. The SMILES string of the molecule is O=C(Cc1ccsc1)NC[C@]1(O)CCc2ccccc21. The van der Waals surface area contributed by atoms with Crippen LogP contribution >= 0.6 is 11.3 Å². The molecule has 0 spiro atoms. The number of carbonyl (C=O) groups is 1. The summed E-state index contributed by atoms with van der Waals surface area (Å²) in [4.78, 5) is 11.9. The number of aliphatic hydroxyl groups is 1. The van der Waals surface area contributed by atoms with Gasteiger partial charge in [0, 0.05) is 0 Å². The van der Waals surface area contributed by atoms with E-state index in [1.165, 1.54) is 5.56 Å². The predicted octanol–water partition coefficient (Wildman–Crippen LogP) is 2.24. The van der Waals surface area contributed by atoms with Crippen LogP contribution in [-0.2, 0) is 23.2 Å². The van der Waals surface area contributed by atoms with Crippen molar-refractivity contribution in [3.05, 3.63) is 57.8 Å². The van der Waals surface area contributed by atoms with Gasteiger partial charge < -0.3 is 10.4 Å². The first-order chi connectivity index (χ1) is 9.67. The number of hydrogen-bond acceptors (Lipinski definition) is 3. The summed E-state index contributed by atoms with van der Waals surface area (Å²) < 4.78 is 0. The van der Waals surface area contributed by atoms with E-state index in [2.05, 4.69) is 5.32 Å². The van der Waals surface area contributed by atoms with E-state index in [-0.39, 0.29) is 12.5 Å². The fourth-order valence-corrected chi connectivity index (χ4v) is 3.41. The van der Waals surface area contributed by atoms with Crippen LogP contribution in [0.4, 0.5) is 0 Å². The number of carbonyl (C=O) groups excluding carboxylic acids is 1. The molecule has 3 rings (SSSR count). The second-order valence-electron chi connectivity index (χ2n) is 5.27. The number of thiophene rings is 1. The highest BCUT2D eigenvalue weighted by Crippen LogP contribution is 2.36. The van der Waals surface area contributed by atoms with Crippen molar-refractivity contribution in [2.45, 2.75) is 24.9 Å². The van der Waals surface area contributed by atoms with E-state index in [9.17, 15) is 9.90 Å². The van der Waals surface area contributed by atoms with Crippen LogP contribution in [-0.4, -0.2) is 17.6 Å². The third-order valence-corrected chi connectivity index (χ3v) is 4.58. The molecule has 1 aromatic carbocycles. The van der Waals surface area contributed by atoms with Crippen molar-refractivity contribution in [1.29, 1.82) is 0 Å². The Kier molecular flexibility index (Phi) is 3.59. The standard InChI is InChI=1S/C16H17NO2S/c18-15(9-12-6-8-20-10-12)17-11-16(19)7-5-13-3-1-2-4-14(13)16/h1-4,6,8,10,19H,5,7,9,11H2,(H,17,18)/t16-/m1/s1. The first-order valence-corrected chi connectivity index (χ1v) is 7.70. The molecule has 0 saturated carbocycles. The summed E-state index contributed by atoms with van der Waals surface area (Å²) in [7, 11) is 0. The number of hydrogen-bond donors (Lipinski definition) is 2. The van der Waals surface area contributed by atoms with Crippen LogP contribution in [0.3, 0.4) is 0 Å². The Morgan fingerprint density at radius 2 is 2.20 bits per heavy atom. The maximum absolute atomic E-state index is 11.9. The molecule has 1 heterocycles. The van der Waals surface area contributed by atoms with E-state index in [0.29, 0.717) is 12.8 Å². The van der Waals surface area contributed by atoms with Crippen LogP contribution in [0.15, 0.2) is 41.1 Å². The molecule has 3 nitrogen and oxygen atoms in total.